The summed E-state index contributed by atoms with van der Waals surface area (Å²) in [5.41, 5.74) is 1.73. The third kappa shape index (κ3) is 3.26. The first-order valence-electron chi connectivity index (χ1n) is 7.15. The highest BCUT2D eigenvalue weighted by Gasteiger charge is 2.14. The summed E-state index contributed by atoms with van der Waals surface area (Å²) >= 11 is 0. The van der Waals surface area contributed by atoms with Crippen molar-refractivity contribution in [1.82, 2.24) is 14.9 Å². The fourth-order valence-corrected chi connectivity index (χ4v) is 2.23. The molecule has 0 aliphatic rings. The number of carbonyl (C=O) groups excluding carboxylic acids is 1. The molecule has 0 bridgehead atoms. The van der Waals surface area contributed by atoms with Crippen molar-refractivity contribution in [2.45, 2.75) is 26.7 Å². The van der Waals surface area contributed by atoms with Crippen LogP contribution in [0.15, 0.2) is 36.7 Å². The van der Waals surface area contributed by atoms with Gasteiger partial charge in [-0.05, 0) is 25.0 Å². The van der Waals surface area contributed by atoms with Crippen LogP contribution in [0.4, 0.5) is 0 Å². The van der Waals surface area contributed by atoms with E-state index in [1.165, 1.54) is 0 Å². The minimum Gasteiger partial charge on any atom is -0.345 e. The molecule has 0 radical (unpaired) electrons. The van der Waals surface area contributed by atoms with Crippen LogP contribution >= 0.6 is 0 Å². The number of H-pyrrole nitrogens is 1. The molecule has 1 N–H and O–H groups in total. The van der Waals surface area contributed by atoms with Gasteiger partial charge >= 0.3 is 0 Å². The number of aromatic amines is 1. The van der Waals surface area contributed by atoms with Crippen molar-refractivity contribution in [3.63, 3.8) is 0 Å². The van der Waals surface area contributed by atoms with Gasteiger partial charge < -0.3 is 9.88 Å². The van der Waals surface area contributed by atoms with Crippen molar-refractivity contribution in [1.29, 1.82) is 0 Å². The number of rotatable bonds is 6. The van der Waals surface area contributed by atoms with Crippen molar-refractivity contribution in [3.8, 4) is 11.4 Å². The minimum atomic E-state index is 0.111. The Kier molecular flexibility index (Phi) is 4.93. The molecule has 1 amide bonds. The molecule has 0 spiro atoms. The zero-order valence-corrected chi connectivity index (χ0v) is 12.1. The number of nitrogens with one attached hydrogen (secondary N) is 1. The average Bonchev–Trinajstić information content (AvgIpc) is 3.01. The second-order valence-electron chi connectivity index (χ2n) is 4.81. The van der Waals surface area contributed by atoms with Crippen LogP contribution < -0.4 is 0 Å². The monoisotopic (exact) mass is 271 g/mol. The molecule has 0 aliphatic carbocycles. The van der Waals surface area contributed by atoms with E-state index in [0.29, 0.717) is 0 Å². The van der Waals surface area contributed by atoms with E-state index >= 15 is 0 Å². The Morgan fingerprint density at radius 1 is 1.15 bits per heavy atom. The largest absolute Gasteiger partial charge is 0.345 e. The molecule has 1 heterocycles. The number of imidazole rings is 1. The van der Waals surface area contributed by atoms with Gasteiger partial charge in [-0.1, -0.05) is 26.0 Å². The van der Waals surface area contributed by atoms with E-state index in [2.05, 4.69) is 23.8 Å². The maximum Gasteiger partial charge on any atom is 0.253 e. The highest BCUT2D eigenvalue weighted by atomic mass is 16.2. The lowest BCUT2D eigenvalue weighted by molar-refractivity contribution is 0.0755. The Morgan fingerprint density at radius 2 is 1.80 bits per heavy atom. The third-order valence-electron chi connectivity index (χ3n) is 3.18. The predicted octanol–water partition coefficient (Wildman–Crippen LogP) is 3.34. The Hall–Kier alpha value is -2.10. The van der Waals surface area contributed by atoms with E-state index in [9.17, 15) is 4.79 Å². The van der Waals surface area contributed by atoms with Crippen LogP contribution in [0.1, 0.15) is 37.0 Å². The van der Waals surface area contributed by atoms with Gasteiger partial charge in [0, 0.05) is 36.6 Å². The second-order valence-corrected chi connectivity index (χ2v) is 4.81. The van der Waals surface area contributed by atoms with Gasteiger partial charge in [0.1, 0.15) is 5.82 Å². The van der Waals surface area contributed by atoms with Gasteiger partial charge in [0.25, 0.3) is 5.91 Å². The first-order valence-corrected chi connectivity index (χ1v) is 7.15. The van der Waals surface area contributed by atoms with E-state index in [4.69, 9.17) is 0 Å². The summed E-state index contributed by atoms with van der Waals surface area (Å²) in [4.78, 5) is 21.6. The molecule has 0 saturated carbocycles. The van der Waals surface area contributed by atoms with Crippen molar-refractivity contribution in [2.24, 2.45) is 0 Å². The molecule has 0 atom stereocenters. The molecule has 1 aromatic heterocycles. The third-order valence-corrected chi connectivity index (χ3v) is 3.18. The van der Waals surface area contributed by atoms with Crippen LogP contribution in [0.25, 0.3) is 11.4 Å². The zero-order chi connectivity index (χ0) is 14.4. The van der Waals surface area contributed by atoms with Crippen LogP contribution in [0.5, 0.6) is 0 Å². The Balaban J connectivity index is 2.14. The van der Waals surface area contributed by atoms with E-state index in [1.807, 2.05) is 29.2 Å². The molecule has 0 fully saturated rings. The summed E-state index contributed by atoms with van der Waals surface area (Å²) in [6, 6.07) is 7.61. The summed E-state index contributed by atoms with van der Waals surface area (Å²) in [6.07, 6.45) is 5.48. The molecule has 2 aromatic rings. The second kappa shape index (κ2) is 6.89. The van der Waals surface area contributed by atoms with E-state index in [0.717, 1.165) is 42.9 Å². The van der Waals surface area contributed by atoms with Gasteiger partial charge in [-0.2, -0.15) is 0 Å². The number of benzene rings is 1. The Labute approximate surface area is 119 Å². The highest BCUT2D eigenvalue weighted by molar-refractivity contribution is 5.94. The lowest BCUT2D eigenvalue weighted by Gasteiger charge is -2.21. The maximum atomic E-state index is 12.4. The van der Waals surface area contributed by atoms with Gasteiger partial charge in [0.2, 0.25) is 0 Å². The SMILES string of the molecule is CCCN(CCC)C(=O)c1ccc(-c2ncc[nH]2)cc1. The summed E-state index contributed by atoms with van der Waals surface area (Å²) < 4.78 is 0. The van der Waals surface area contributed by atoms with Crippen molar-refractivity contribution >= 4 is 5.91 Å². The topological polar surface area (TPSA) is 49.0 Å². The average molecular weight is 271 g/mol. The molecular weight excluding hydrogens is 250 g/mol. The van der Waals surface area contributed by atoms with E-state index in [1.54, 1.807) is 12.4 Å². The molecule has 1 aromatic carbocycles. The molecular formula is C16H21N3O. The Morgan fingerprint density at radius 3 is 2.30 bits per heavy atom. The van der Waals surface area contributed by atoms with Crippen molar-refractivity contribution in [2.75, 3.05) is 13.1 Å². The van der Waals surface area contributed by atoms with Crippen LogP contribution in [-0.4, -0.2) is 33.9 Å². The quantitative estimate of drug-likeness (QED) is 0.876. The van der Waals surface area contributed by atoms with Crippen LogP contribution in [0.3, 0.4) is 0 Å². The highest BCUT2D eigenvalue weighted by Crippen LogP contribution is 2.16. The molecule has 20 heavy (non-hydrogen) atoms. The number of hydrogen-bond donors (Lipinski definition) is 1. The number of carbonyl (C=O) groups is 1. The van der Waals surface area contributed by atoms with Gasteiger partial charge in [-0.15, -0.1) is 0 Å². The molecule has 0 aliphatic heterocycles. The standard InChI is InChI=1S/C16H21N3O/c1-3-11-19(12-4-2)16(20)14-7-5-13(6-8-14)15-17-9-10-18-15/h5-10H,3-4,11-12H2,1-2H3,(H,17,18). The number of hydrogen-bond acceptors (Lipinski definition) is 2. The fourth-order valence-electron chi connectivity index (χ4n) is 2.23. The smallest absolute Gasteiger partial charge is 0.253 e. The van der Waals surface area contributed by atoms with Gasteiger partial charge in [-0.3, -0.25) is 4.79 Å². The zero-order valence-electron chi connectivity index (χ0n) is 12.1. The first kappa shape index (κ1) is 14.3. The van der Waals surface area contributed by atoms with Gasteiger partial charge in [-0.25, -0.2) is 4.98 Å². The predicted molar refractivity (Wildman–Crippen MR) is 80.5 cm³/mol. The fraction of sp³-hybridized carbons (Fsp3) is 0.375. The Bertz CT molecular complexity index is 525. The normalized spacial score (nSPS) is 10.5. The molecule has 0 saturated heterocycles. The van der Waals surface area contributed by atoms with Crippen LogP contribution in [0.2, 0.25) is 0 Å². The first-order chi connectivity index (χ1) is 9.76. The number of aromatic nitrogens is 2. The van der Waals surface area contributed by atoms with Gasteiger partial charge in [0.05, 0.1) is 0 Å². The van der Waals surface area contributed by atoms with Crippen LogP contribution in [-0.2, 0) is 0 Å². The lowest BCUT2D eigenvalue weighted by atomic mass is 10.1. The number of nitrogens with zero attached hydrogens (tertiary/aromatic N) is 2. The van der Waals surface area contributed by atoms with Crippen molar-refractivity contribution in [3.05, 3.63) is 42.2 Å². The summed E-state index contributed by atoms with van der Waals surface area (Å²) in [5.74, 6) is 0.933. The summed E-state index contributed by atoms with van der Waals surface area (Å²) in [5, 5.41) is 0. The molecule has 0 unspecified atom stereocenters. The van der Waals surface area contributed by atoms with E-state index < -0.39 is 0 Å². The molecule has 4 nitrogen and oxygen atoms in total. The van der Waals surface area contributed by atoms with E-state index in [-0.39, 0.29) is 5.91 Å². The maximum absolute atomic E-state index is 12.4. The summed E-state index contributed by atoms with van der Waals surface area (Å²) in [6.45, 7) is 5.81. The van der Waals surface area contributed by atoms with Crippen molar-refractivity contribution < 1.29 is 4.79 Å². The van der Waals surface area contributed by atoms with Crippen LogP contribution in [0, 0.1) is 0 Å². The minimum absolute atomic E-state index is 0.111. The van der Waals surface area contributed by atoms with Gasteiger partial charge in [0.15, 0.2) is 0 Å². The molecule has 4 heteroatoms. The number of amides is 1. The lowest BCUT2D eigenvalue weighted by Crippen LogP contribution is -2.32. The summed E-state index contributed by atoms with van der Waals surface area (Å²) in [7, 11) is 0. The molecule has 106 valence electrons. The molecule has 2 rings (SSSR count).